The van der Waals surface area contributed by atoms with Crippen molar-refractivity contribution in [2.24, 2.45) is 0 Å². The average molecular weight is 461 g/mol. The van der Waals surface area contributed by atoms with E-state index in [1.807, 2.05) is 30.3 Å². The van der Waals surface area contributed by atoms with Gasteiger partial charge in [-0.3, -0.25) is 4.79 Å². The molecule has 5 nitrogen and oxygen atoms in total. The van der Waals surface area contributed by atoms with Crippen LogP contribution in [0.1, 0.15) is 29.3 Å². The minimum atomic E-state index is -3.91. The Morgan fingerprint density at radius 2 is 1.77 bits per heavy atom. The van der Waals surface area contributed by atoms with Crippen molar-refractivity contribution in [2.45, 2.75) is 30.7 Å². The number of nitrogens with one attached hydrogen (secondary N) is 2. The van der Waals surface area contributed by atoms with Crippen LogP contribution in [0.15, 0.2) is 77.7 Å². The summed E-state index contributed by atoms with van der Waals surface area (Å²) in [5.41, 5.74) is 1.25. The Morgan fingerprint density at radius 1 is 1.03 bits per heavy atom. The Labute approximate surface area is 186 Å². The molecule has 0 aliphatic carbocycles. The van der Waals surface area contributed by atoms with Crippen molar-refractivity contribution >= 4 is 33.2 Å². The summed E-state index contributed by atoms with van der Waals surface area (Å²) in [4.78, 5) is 12.1. The zero-order chi connectivity index (χ0) is 22.4. The van der Waals surface area contributed by atoms with Crippen molar-refractivity contribution in [3.8, 4) is 0 Å². The molecule has 1 amide bonds. The van der Waals surface area contributed by atoms with E-state index in [0.29, 0.717) is 17.9 Å². The summed E-state index contributed by atoms with van der Waals surface area (Å²) < 4.78 is 42.3. The summed E-state index contributed by atoms with van der Waals surface area (Å²) in [6, 6.07) is 19.0. The Hall–Kier alpha value is -2.74. The van der Waals surface area contributed by atoms with Crippen molar-refractivity contribution in [3.05, 3.63) is 94.8 Å². The highest BCUT2D eigenvalue weighted by molar-refractivity contribution is 7.89. The number of benzene rings is 3. The van der Waals surface area contributed by atoms with Crippen molar-refractivity contribution < 1.29 is 17.6 Å². The minimum absolute atomic E-state index is 0.124. The molecule has 0 aliphatic rings. The van der Waals surface area contributed by atoms with Gasteiger partial charge in [0.25, 0.3) is 5.91 Å². The van der Waals surface area contributed by atoms with Gasteiger partial charge in [0.1, 0.15) is 5.82 Å². The lowest BCUT2D eigenvalue weighted by Gasteiger charge is -2.15. The number of hydrogen-bond acceptors (Lipinski definition) is 3. The molecule has 162 valence electrons. The zero-order valence-corrected chi connectivity index (χ0v) is 18.4. The quantitative estimate of drug-likeness (QED) is 0.495. The Balaban J connectivity index is 1.65. The fourth-order valence-corrected chi connectivity index (χ4v) is 4.49. The molecular weight excluding hydrogens is 439 g/mol. The number of amides is 1. The maximum absolute atomic E-state index is 14.5. The molecule has 0 saturated heterocycles. The first-order valence-corrected chi connectivity index (χ1v) is 11.5. The molecule has 0 aliphatic heterocycles. The Bertz CT molecular complexity index is 1170. The van der Waals surface area contributed by atoms with Crippen molar-refractivity contribution in [1.29, 1.82) is 0 Å². The van der Waals surface area contributed by atoms with Crippen LogP contribution in [-0.2, 0) is 16.4 Å². The smallest absolute Gasteiger partial charge is 0.255 e. The van der Waals surface area contributed by atoms with Crippen LogP contribution in [0.25, 0.3) is 0 Å². The molecule has 0 unspecified atom stereocenters. The maximum atomic E-state index is 14.5. The number of carbonyl (C=O) groups excluding carboxylic acids is 1. The number of halogens is 2. The van der Waals surface area contributed by atoms with E-state index in [1.54, 1.807) is 25.1 Å². The van der Waals surface area contributed by atoms with Gasteiger partial charge in [0.15, 0.2) is 0 Å². The van der Waals surface area contributed by atoms with Gasteiger partial charge in [-0.15, -0.1) is 0 Å². The van der Waals surface area contributed by atoms with Crippen LogP contribution in [-0.4, -0.2) is 20.4 Å². The van der Waals surface area contributed by atoms with E-state index in [-0.39, 0.29) is 22.2 Å². The molecule has 3 rings (SSSR count). The molecular formula is C23H22ClFN2O3S. The monoisotopic (exact) mass is 460 g/mol. The van der Waals surface area contributed by atoms with Gasteiger partial charge in [-0.05, 0) is 61.7 Å². The summed E-state index contributed by atoms with van der Waals surface area (Å²) >= 11 is 5.87. The molecule has 0 aromatic heterocycles. The van der Waals surface area contributed by atoms with E-state index >= 15 is 0 Å². The molecule has 31 heavy (non-hydrogen) atoms. The van der Waals surface area contributed by atoms with Gasteiger partial charge in [0.05, 0.1) is 10.6 Å². The summed E-state index contributed by atoms with van der Waals surface area (Å²) in [5.74, 6) is -1.40. The molecule has 1 atom stereocenters. The zero-order valence-electron chi connectivity index (χ0n) is 16.8. The fourth-order valence-electron chi connectivity index (χ4n) is 3.01. The molecule has 0 fully saturated rings. The summed E-state index contributed by atoms with van der Waals surface area (Å²) in [7, 11) is -3.91. The van der Waals surface area contributed by atoms with Crippen molar-refractivity contribution in [2.75, 3.05) is 5.32 Å². The largest absolute Gasteiger partial charge is 0.319 e. The normalized spacial score (nSPS) is 12.4. The number of sulfonamides is 1. The van der Waals surface area contributed by atoms with Gasteiger partial charge < -0.3 is 5.32 Å². The molecule has 3 aromatic carbocycles. The minimum Gasteiger partial charge on any atom is -0.319 e. The summed E-state index contributed by atoms with van der Waals surface area (Å²) in [6.45, 7) is 1.76. The number of aryl methyl sites for hydroxylation is 1. The third kappa shape index (κ3) is 6.37. The van der Waals surface area contributed by atoms with Crippen molar-refractivity contribution in [3.63, 3.8) is 0 Å². The van der Waals surface area contributed by atoms with Crippen LogP contribution in [0.2, 0.25) is 5.02 Å². The first-order valence-electron chi connectivity index (χ1n) is 9.67. The first-order chi connectivity index (χ1) is 14.7. The van der Waals surface area contributed by atoms with E-state index in [0.717, 1.165) is 11.6 Å². The summed E-state index contributed by atoms with van der Waals surface area (Å²) in [6.07, 6.45) is 1.31. The fraction of sp³-hybridized carbons (Fsp3) is 0.174. The SMILES string of the molecule is C[C@@H](CCc1ccccc1)NS(=O)(=O)c1ccc(NC(=O)c2cccc(Cl)c2)c(F)c1. The van der Waals surface area contributed by atoms with Gasteiger partial charge in [0.2, 0.25) is 10.0 Å². The van der Waals surface area contributed by atoms with Crippen LogP contribution in [0.4, 0.5) is 10.1 Å². The molecule has 2 N–H and O–H groups in total. The highest BCUT2D eigenvalue weighted by atomic mass is 35.5. The standard InChI is InChI=1S/C23H22ClFN2O3S/c1-16(10-11-17-6-3-2-4-7-17)27-31(29,30)20-12-13-22(21(25)15-20)26-23(28)18-8-5-9-19(24)14-18/h2-9,12-16,27H,10-11H2,1H3,(H,26,28)/t16-/m0/s1. The van der Waals surface area contributed by atoms with Crippen LogP contribution < -0.4 is 10.0 Å². The number of rotatable bonds is 8. The lowest BCUT2D eigenvalue weighted by atomic mass is 10.1. The Morgan fingerprint density at radius 3 is 2.45 bits per heavy atom. The predicted octanol–water partition coefficient (Wildman–Crippen LogP) is 5.03. The highest BCUT2D eigenvalue weighted by Crippen LogP contribution is 2.21. The molecule has 0 heterocycles. The molecule has 0 radical (unpaired) electrons. The summed E-state index contributed by atoms with van der Waals surface area (Å²) in [5, 5.41) is 2.80. The number of hydrogen-bond donors (Lipinski definition) is 2. The second-order valence-electron chi connectivity index (χ2n) is 7.15. The average Bonchev–Trinajstić information content (AvgIpc) is 2.74. The van der Waals surface area contributed by atoms with Gasteiger partial charge in [-0.25, -0.2) is 17.5 Å². The van der Waals surface area contributed by atoms with E-state index in [1.165, 1.54) is 18.2 Å². The van der Waals surface area contributed by atoms with Crippen LogP contribution >= 0.6 is 11.6 Å². The number of anilines is 1. The van der Waals surface area contributed by atoms with E-state index in [2.05, 4.69) is 10.0 Å². The maximum Gasteiger partial charge on any atom is 0.255 e. The van der Waals surface area contributed by atoms with Gasteiger partial charge in [0, 0.05) is 16.6 Å². The van der Waals surface area contributed by atoms with E-state index < -0.39 is 21.7 Å². The van der Waals surface area contributed by atoms with Gasteiger partial charge in [-0.2, -0.15) is 0 Å². The number of carbonyl (C=O) groups is 1. The van der Waals surface area contributed by atoms with Gasteiger partial charge >= 0.3 is 0 Å². The third-order valence-electron chi connectivity index (χ3n) is 4.65. The third-order valence-corrected chi connectivity index (χ3v) is 6.47. The molecule has 0 saturated carbocycles. The van der Waals surface area contributed by atoms with Crippen LogP contribution in [0.3, 0.4) is 0 Å². The van der Waals surface area contributed by atoms with Crippen LogP contribution in [0.5, 0.6) is 0 Å². The molecule has 0 spiro atoms. The lowest BCUT2D eigenvalue weighted by molar-refractivity contribution is 0.102. The molecule has 8 heteroatoms. The Kier molecular flexibility index (Phi) is 7.43. The highest BCUT2D eigenvalue weighted by Gasteiger charge is 2.20. The first kappa shape index (κ1) is 22.9. The van der Waals surface area contributed by atoms with E-state index in [9.17, 15) is 17.6 Å². The molecule has 0 bridgehead atoms. The second-order valence-corrected chi connectivity index (χ2v) is 9.30. The predicted molar refractivity (Wildman–Crippen MR) is 120 cm³/mol. The molecule has 3 aromatic rings. The van der Waals surface area contributed by atoms with Crippen molar-refractivity contribution in [1.82, 2.24) is 4.72 Å². The second kappa shape index (κ2) is 10.0. The van der Waals surface area contributed by atoms with E-state index in [4.69, 9.17) is 11.6 Å². The lowest BCUT2D eigenvalue weighted by Crippen LogP contribution is -2.33. The van der Waals surface area contributed by atoms with Crippen LogP contribution in [0, 0.1) is 5.82 Å². The topological polar surface area (TPSA) is 75.3 Å². The van der Waals surface area contributed by atoms with Gasteiger partial charge in [-0.1, -0.05) is 48.0 Å².